The molecule has 0 bridgehead atoms. The second kappa shape index (κ2) is 7.02. The quantitative estimate of drug-likeness (QED) is 0.853. The molecule has 2 atom stereocenters. The summed E-state index contributed by atoms with van der Waals surface area (Å²) in [6.07, 6.45) is 10.6. The molecule has 0 saturated heterocycles. The molecule has 0 unspecified atom stereocenters. The van der Waals surface area contributed by atoms with Crippen LogP contribution in [0, 0.1) is 0 Å². The average molecular weight is 317 g/mol. The minimum absolute atomic E-state index is 0.177. The zero-order chi connectivity index (χ0) is 15.4. The van der Waals surface area contributed by atoms with Crippen molar-refractivity contribution >= 4 is 11.8 Å². The van der Waals surface area contributed by atoms with E-state index in [0.717, 1.165) is 30.8 Å². The van der Waals surface area contributed by atoms with E-state index < -0.39 is 0 Å². The van der Waals surface area contributed by atoms with Crippen LogP contribution in [0.3, 0.4) is 0 Å². The summed E-state index contributed by atoms with van der Waals surface area (Å²) >= 11 is 1.60. The van der Waals surface area contributed by atoms with Gasteiger partial charge in [0.05, 0.1) is 12.3 Å². The molecule has 3 rings (SSSR count). The smallest absolute Gasteiger partial charge is 0.192 e. The van der Waals surface area contributed by atoms with Gasteiger partial charge in [0.25, 0.3) is 0 Å². The molecule has 2 aromatic rings. The van der Waals surface area contributed by atoms with E-state index in [4.69, 9.17) is 0 Å². The number of thioether (sulfide) groups is 1. The Kier molecular flexibility index (Phi) is 4.84. The average Bonchev–Trinajstić information content (AvgIpc) is 2.94. The topological polar surface area (TPSA) is 76.7 Å². The molecule has 1 fully saturated rings. The van der Waals surface area contributed by atoms with Gasteiger partial charge >= 0.3 is 0 Å². The second-order valence-corrected chi connectivity index (χ2v) is 6.51. The Morgan fingerprint density at radius 3 is 2.91 bits per heavy atom. The van der Waals surface area contributed by atoms with Gasteiger partial charge < -0.3 is 5.11 Å². The number of aliphatic hydroxyl groups excluding tert-OH is 1. The summed E-state index contributed by atoms with van der Waals surface area (Å²) in [5, 5.41) is 19.7. The van der Waals surface area contributed by atoms with Gasteiger partial charge in [-0.3, -0.25) is 9.55 Å². The molecule has 0 amide bonds. The predicted octanol–water partition coefficient (Wildman–Crippen LogP) is 2.32. The summed E-state index contributed by atoms with van der Waals surface area (Å²) < 4.78 is 1.98. The number of rotatable bonds is 5. The van der Waals surface area contributed by atoms with Crippen LogP contribution in [0.4, 0.5) is 0 Å². The van der Waals surface area contributed by atoms with E-state index in [0.29, 0.717) is 18.1 Å². The Hall–Kier alpha value is -1.73. The predicted molar refractivity (Wildman–Crippen MR) is 85.4 cm³/mol. The highest BCUT2D eigenvalue weighted by Gasteiger charge is 2.26. The number of aromatic nitrogens is 5. The highest BCUT2D eigenvalue weighted by Crippen LogP contribution is 2.34. The van der Waals surface area contributed by atoms with Gasteiger partial charge in [-0.1, -0.05) is 30.7 Å². The number of hydrogen-bond acceptors (Lipinski definition) is 6. The third-order valence-electron chi connectivity index (χ3n) is 3.75. The molecule has 0 spiro atoms. The molecule has 1 N–H and O–H groups in total. The number of hydrogen-bond donors (Lipinski definition) is 1. The molecule has 1 aliphatic carbocycles. The summed E-state index contributed by atoms with van der Waals surface area (Å²) in [7, 11) is 0. The van der Waals surface area contributed by atoms with E-state index in [1.165, 1.54) is 0 Å². The van der Waals surface area contributed by atoms with Crippen LogP contribution in [0.15, 0.2) is 36.4 Å². The van der Waals surface area contributed by atoms with Crippen LogP contribution in [0.1, 0.15) is 25.7 Å². The maximum Gasteiger partial charge on any atom is 0.192 e. The van der Waals surface area contributed by atoms with E-state index >= 15 is 0 Å². The van der Waals surface area contributed by atoms with Crippen molar-refractivity contribution in [2.75, 3.05) is 0 Å². The Balaban J connectivity index is 1.88. The molecule has 116 valence electrons. The summed E-state index contributed by atoms with van der Waals surface area (Å²) in [5.41, 5.74) is 0.688. The van der Waals surface area contributed by atoms with Crippen molar-refractivity contribution in [3.05, 3.63) is 31.2 Å². The van der Waals surface area contributed by atoms with Gasteiger partial charge in [-0.25, -0.2) is 4.98 Å². The summed E-state index contributed by atoms with van der Waals surface area (Å²) in [4.78, 5) is 8.37. The fourth-order valence-corrected chi connectivity index (χ4v) is 3.85. The first-order chi connectivity index (χ1) is 10.8. The van der Waals surface area contributed by atoms with Crippen molar-refractivity contribution in [1.82, 2.24) is 24.7 Å². The lowest BCUT2D eigenvalue weighted by Crippen LogP contribution is -2.27. The molecule has 22 heavy (non-hydrogen) atoms. The maximum absolute atomic E-state index is 10.2. The van der Waals surface area contributed by atoms with Gasteiger partial charge in [0.1, 0.15) is 5.69 Å². The number of aliphatic hydroxyl groups is 1. The molecular formula is C15H19N5OS. The van der Waals surface area contributed by atoms with Crippen molar-refractivity contribution < 1.29 is 5.11 Å². The molecule has 2 heterocycles. The Bertz CT molecular complexity index is 630. The van der Waals surface area contributed by atoms with Crippen molar-refractivity contribution in [2.45, 2.75) is 48.7 Å². The summed E-state index contributed by atoms with van der Waals surface area (Å²) in [6, 6.07) is 0. The van der Waals surface area contributed by atoms with E-state index in [9.17, 15) is 5.11 Å². The fraction of sp³-hybridized carbons (Fsp3) is 0.467. The first-order valence-electron chi connectivity index (χ1n) is 7.45. The minimum Gasteiger partial charge on any atom is -0.392 e. The lowest BCUT2D eigenvalue weighted by molar-refractivity contribution is 0.137. The van der Waals surface area contributed by atoms with Crippen LogP contribution >= 0.6 is 11.8 Å². The van der Waals surface area contributed by atoms with Crippen LogP contribution in [-0.4, -0.2) is 41.2 Å². The molecule has 2 aromatic heterocycles. The van der Waals surface area contributed by atoms with Crippen molar-refractivity contribution in [1.29, 1.82) is 0 Å². The van der Waals surface area contributed by atoms with Crippen LogP contribution in [-0.2, 0) is 6.54 Å². The third-order valence-corrected chi connectivity index (χ3v) is 5.11. The minimum atomic E-state index is -0.271. The van der Waals surface area contributed by atoms with Gasteiger partial charge in [-0.05, 0) is 12.8 Å². The summed E-state index contributed by atoms with van der Waals surface area (Å²) in [5.74, 6) is 0.681. The molecule has 1 saturated carbocycles. The van der Waals surface area contributed by atoms with E-state index in [-0.39, 0.29) is 11.4 Å². The van der Waals surface area contributed by atoms with Gasteiger partial charge in [-0.2, -0.15) is 0 Å². The monoisotopic (exact) mass is 317 g/mol. The first-order valence-corrected chi connectivity index (χ1v) is 8.32. The number of allylic oxidation sites excluding steroid dienone is 1. The SMILES string of the molecule is C=CCn1c(S[C@H]2CCCC[C@@H]2O)nnc1-c1cnccn1. The van der Waals surface area contributed by atoms with Crippen molar-refractivity contribution in [3.63, 3.8) is 0 Å². The van der Waals surface area contributed by atoms with Crippen LogP contribution in [0.2, 0.25) is 0 Å². The van der Waals surface area contributed by atoms with Crippen molar-refractivity contribution in [2.24, 2.45) is 0 Å². The highest BCUT2D eigenvalue weighted by atomic mass is 32.2. The molecule has 0 radical (unpaired) electrons. The molecule has 1 aliphatic rings. The van der Waals surface area contributed by atoms with E-state index in [1.807, 2.05) is 10.6 Å². The standard InChI is InChI=1S/C15H19N5OS/c1-2-9-20-14(11-10-16-7-8-17-11)18-19-15(20)22-13-6-4-3-5-12(13)21/h2,7-8,10,12-13,21H,1,3-6,9H2/t12-,13-/m0/s1. The molecular weight excluding hydrogens is 298 g/mol. The fourth-order valence-electron chi connectivity index (χ4n) is 2.62. The Labute approximate surface area is 133 Å². The lowest BCUT2D eigenvalue weighted by Gasteiger charge is -2.26. The highest BCUT2D eigenvalue weighted by molar-refractivity contribution is 7.99. The molecule has 7 heteroatoms. The normalized spacial score (nSPS) is 21.7. The van der Waals surface area contributed by atoms with Gasteiger partial charge in [0, 0.05) is 24.2 Å². The zero-order valence-electron chi connectivity index (χ0n) is 12.3. The largest absolute Gasteiger partial charge is 0.392 e. The first kappa shape index (κ1) is 15.2. The zero-order valence-corrected chi connectivity index (χ0v) is 13.1. The molecule has 0 aliphatic heterocycles. The van der Waals surface area contributed by atoms with Crippen molar-refractivity contribution in [3.8, 4) is 11.5 Å². The summed E-state index contributed by atoms with van der Waals surface area (Å²) in [6.45, 7) is 4.40. The molecule has 0 aromatic carbocycles. The lowest BCUT2D eigenvalue weighted by atomic mass is 9.97. The number of nitrogens with zero attached hydrogens (tertiary/aromatic N) is 5. The van der Waals surface area contributed by atoms with Crippen LogP contribution < -0.4 is 0 Å². The third kappa shape index (κ3) is 3.20. The van der Waals surface area contributed by atoms with Gasteiger partial charge in [0.2, 0.25) is 0 Å². The second-order valence-electron chi connectivity index (χ2n) is 5.30. The van der Waals surface area contributed by atoms with Crippen LogP contribution in [0.25, 0.3) is 11.5 Å². The Morgan fingerprint density at radius 2 is 2.18 bits per heavy atom. The maximum atomic E-state index is 10.2. The van der Waals surface area contributed by atoms with Crippen LogP contribution in [0.5, 0.6) is 0 Å². The van der Waals surface area contributed by atoms with E-state index in [1.54, 1.807) is 30.4 Å². The molecule has 6 nitrogen and oxygen atoms in total. The van der Waals surface area contributed by atoms with E-state index in [2.05, 4.69) is 26.7 Å². The Morgan fingerprint density at radius 1 is 1.32 bits per heavy atom. The van der Waals surface area contributed by atoms with Gasteiger partial charge in [0.15, 0.2) is 11.0 Å². The van der Waals surface area contributed by atoms with Gasteiger partial charge in [-0.15, -0.1) is 16.8 Å².